The molecule has 3 N–H and O–H groups in total. The Bertz CT molecular complexity index is 685. The molecule has 1 aliphatic carbocycles. The molecule has 0 saturated carbocycles. The third kappa shape index (κ3) is 3.65. The minimum absolute atomic E-state index is 0.399. The second kappa shape index (κ2) is 7.19. The van der Waals surface area contributed by atoms with Gasteiger partial charge in [-0.2, -0.15) is 0 Å². The van der Waals surface area contributed by atoms with E-state index in [0.29, 0.717) is 5.56 Å². The highest BCUT2D eigenvalue weighted by Gasteiger charge is 2.14. The predicted octanol–water partition coefficient (Wildman–Crippen LogP) is 3.00. The molecule has 1 aromatic heterocycles. The van der Waals surface area contributed by atoms with Gasteiger partial charge in [0.2, 0.25) is 0 Å². The molecule has 120 valence electrons. The van der Waals surface area contributed by atoms with Crippen LogP contribution in [-0.4, -0.2) is 21.1 Å². The molecule has 23 heavy (non-hydrogen) atoms. The molecule has 6 heteroatoms. The minimum Gasteiger partial charge on any atom is -0.340 e. The molecule has 0 bridgehead atoms. The fourth-order valence-corrected chi connectivity index (χ4v) is 2.89. The van der Waals surface area contributed by atoms with Crippen LogP contribution in [0.1, 0.15) is 47.3 Å². The van der Waals surface area contributed by atoms with Gasteiger partial charge in [0.15, 0.2) is 0 Å². The summed E-state index contributed by atoms with van der Waals surface area (Å²) in [7, 11) is 0. The van der Waals surface area contributed by atoms with E-state index >= 15 is 0 Å². The molecule has 0 atom stereocenters. The highest BCUT2D eigenvalue weighted by atomic mass is 16.5. The molecule has 6 nitrogen and oxygen atoms in total. The van der Waals surface area contributed by atoms with Crippen molar-refractivity contribution in [1.29, 1.82) is 0 Å². The summed E-state index contributed by atoms with van der Waals surface area (Å²) >= 11 is 0. The van der Waals surface area contributed by atoms with E-state index in [1.165, 1.54) is 24.8 Å². The summed E-state index contributed by atoms with van der Waals surface area (Å²) in [6.45, 7) is 0. The number of aryl methyl sites for hydroxylation is 1. The number of fused-ring (bicyclic) bond motifs is 1. The number of anilines is 2. The maximum absolute atomic E-state index is 11.3. The Morgan fingerprint density at radius 2 is 1.74 bits per heavy atom. The number of benzene rings is 1. The summed E-state index contributed by atoms with van der Waals surface area (Å²) in [6.07, 6.45) is 8.44. The second-order valence-corrected chi connectivity index (χ2v) is 5.71. The molecule has 0 unspecified atom stereocenters. The van der Waals surface area contributed by atoms with Crippen molar-refractivity contribution < 1.29 is 10.0 Å². The number of hydroxylamine groups is 1. The lowest BCUT2D eigenvalue weighted by Gasteiger charge is -2.16. The number of aromatic nitrogens is 2. The van der Waals surface area contributed by atoms with Gasteiger partial charge >= 0.3 is 0 Å². The van der Waals surface area contributed by atoms with Gasteiger partial charge in [0.1, 0.15) is 12.1 Å². The second-order valence-electron chi connectivity index (χ2n) is 5.71. The molecule has 1 heterocycles. The summed E-state index contributed by atoms with van der Waals surface area (Å²) in [5.41, 5.74) is 5.21. The molecule has 0 aliphatic heterocycles. The van der Waals surface area contributed by atoms with Gasteiger partial charge in [-0.3, -0.25) is 10.0 Å². The van der Waals surface area contributed by atoms with Crippen LogP contribution in [0.5, 0.6) is 0 Å². The van der Waals surface area contributed by atoms with Crippen molar-refractivity contribution in [2.24, 2.45) is 0 Å². The lowest BCUT2D eigenvalue weighted by molar-refractivity contribution is 0.0706. The fourth-order valence-electron chi connectivity index (χ4n) is 2.89. The Hall–Kier alpha value is -2.47. The number of hydrogen-bond donors (Lipinski definition) is 3. The van der Waals surface area contributed by atoms with Gasteiger partial charge in [-0.25, -0.2) is 15.4 Å². The highest BCUT2D eigenvalue weighted by Crippen LogP contribution is 2.26. The maximum atomic E-state index is 11.3. The quantitative estimate of drug-likeness (QED) is 0.599. The SMILES string of the molecule is O=C(NO)c1ccc(Nc2ncnc3c2CCCCCC3)cc1. The van der Waals surface area contributed by atoms with Crippen LogP contribution in [0.2, 0.25) is 0 Å². The number of rotatable bonds is 3. The smallest absolute Gasteiger partial charge is 0.274 e. The third-order valence-corrected chi connectivity index (χ3v) is 4.14. The molecule has 0 fully saturated rings. The van der Waals surface area contributed by atoms with Crippen LogP contribution < -0.4 is 10.8 Å². The van der Waals surface area contributed by atoms with Crippen molar-refractivity contribution in [2.75, 3.05) is 5.32 Å². The van der Waals surface area contributed by atoms with Crippen molar-refractivity contribution >= 4 is 17.4 Å². The first-order valence-electron chi connectivity index (χ1n) is 7.92. The average molecular weight is 312 g/mol. The zero-order chi connectivity index (χ0) is 16.1. The number of amides is 1. The summed E-state index contributed by atoms with van der Waals surface area (Å²) in [6, 6.07) is 6.89. The van der Waals surface area contributed by atoms with E-state index < -0.39 is 5.91 Å². The predicted molar refractivity (Wildman–Crippen MR) is 86.9 cm³/mol. The van der Waals surface area contributed by atoms with Gasteiger partial charge in [-0.1, -0.05) is 12.8 Å². The van der Waals surface area contributed by atoms with Crippen molar-refractivity contribution in [1.82, 2.24) is 15.4 Å². The summed E-state index contributed by atoms with van der Waals surface area (Å²) < 4.78 is 0. The molecule has 3 rings (SSSR count). The summed E-state index contributed by atoms with van der Waals surface area (Å²) in [4.78, 5) is 20.2. The Morgan fingerprint density at radius 3 is 2.48 bits per heavy atom. The van der Waals surface area contributed by atoms with Crippen molar-refractivity contribution in [2.45, 2.75) is 38.5 Å². The Morgan fingerprint density at radius 1 is 1.00 bits per heavy atom. The van der Waals surface area contributed by atoms with E-state index in [2.05, 4.69) is 15.3 Å². The topological polar surface area (TPSA) is 87.1 Å². The lowest BCUT2D eigenvalue weighted by atomic mass is 9.97. The van der Waals surface area contributed by atoms with Crippen LogP contribution in [0.15, 0.2) is 30.6 Å². The Labute approximate surface area is 134 Å². The van der Waals surface area contributed by atoms with Crippen LogP contribution in [0, 0.1) is 0 Å². The number of carbonyl (C=O) groups is 1. The molecular formula is C17H20N4O2. The first-order chi connectivity index (χ1) is 11.3. The van der Waals surface area contributed by atoms with Crippen molar-refractivity contribution in [3.8, 4) is 0 Å². The van der Waals surface area contributed by atoms with E-state index in [4.69, 9.17) is 5.21 Å². The van der Waals surface area contributed by atoms with Crippen LogP contribution in [-0.2, 0) is 12.8 Å². The highest BCUT2D eigenvalue weighted by molar-refractivity contribution is 5.93. The monoisotopic (exact) mass is 312 g/mol. The number of carbonyl (C=O) groups excluding carboxylic acids is 1. The van der Waals surface area contributed by atoms with Gasteiger partial charge in [0, 0.05) is 22.5 Å². The van der Waals surface area contributed by atoms with Crippen LogP contribution in [0.3, 0.4) is 0 Å². The summed E-state index contributed by atoms with van der Waals surface area (Å²) in [5.74, 6) is 0.319. The zero-order valence-corrected chi connectivity index (χ0v) is 12.9. The first kappa shape index (κ1) is 15.4. The van der Waals surface area contributed by atoms with Crippen LogP contribution >= 0.6 is 0 Å². The Balaban J connectivity index is 1.82. The molecule has 1 aromatic carbocycles. The van der Waals surface area contributed by atoms with Crippen molar-refractivity contribution in [3.63, 3.8) is 0 Å². The fraction of sp³-hybridized carbons (Fsp3) is 0.353. The summed E-state index contributed by atoms with van der Waals surface area (Å²) in [5, 5.41) is 12.0. The van der Waals surface area contributed by atoms with Gasteiger partial charge in [0.05, 0.1) is 0 Å². The van der Waals surface area contributed by atoms with Gasteiger partial charge in [0.25, 0.3) is 5.91 Å². The largest absolute Gasteiger partial charge is 0.340 e. The molecule has 1 amide bonds. The lowest BCUT2D eigenvalue weighted by Crippen LogP contribution is -2.18. The standard InChI is InChI=1S/C17H20N4O2/c22-17(21-23)12-7-9-13(10-8-12)20-16-14-5-3-1-2-4-6-15(14)18-11-19-16/h7-11,23H,1-6H2,(H,21,22)(H,18,19,20). The first-order valence-corrected chi connectivity index (χ1v) is 7.92. The third-order valence-electron chi connectivity index (χ3n) is 4.14. The number of nitrogens with zero attached hydrogens (tertiary/aromatic N) is 2. The van der Waals surface area contributed by atoms with Crippen molar-refractivity contribution in [3.05, 3.63) is 47.4 Å². The zero-order valence-electron chi connectivity index (χ0n) is 12.9. The van der Waals surface area contributed by atoms with E-state index in [0.717, 1.165) is 36.5 Å². The minimum atomic E-state index is -0.524. The van der Waals surface area contributed by atoms with Gasteiger partial charge < -0.3 is 5.32 Å². The maximum Gasteiger partial charge on any atom is 0.274 e. The van der Waals surface area contributed by atoms with E-state index in [1.54, 1.807) is 36.1 Å². The molecule has 0 saturated heterocycles. The van der Waals surface area contributed by atoms with Crippen LogP contribution in [0.25, 0.3) is 0 Å². The molecule has 1 aliphatic rings. The van der Waals surface area contributed by atoms with E-state index in [-0.39, 0.29) is 0 Å². The molecule has 0 spiro atoms. The average Bonchev–Trinajstić information content (AvgIpc) is 2.56. The molecular weight excluding hydrogens is 292 g/mol. The molecule has 0 radical (unpaired) electrons. The van der Waals surface area contributed by atoms with Crippen LogP contribution in [0.4, 0.5) is 11.5 Å². The number of hydrogen-bond acceptors (Lipinski definition) is 5. The van der Waals surface area contributed by atoms with Gasteiger partial charge in [-0.05, 0) is 49.9 Å². The normalized spacial score (nSPS) is 14.3. The van der Waals surface area contributed by atoms with E-state index in [9.17, 15) is 4.79 Å². The van der Waals surface area contributed by atoms with E-state index in [1.807, 2.05) is 0 Å². The number of nitrogens with one attached hydrogen (secondary N) is 2. The molecule has 2 aromatic rings. The Kier molecular flexibility index (Phi) is 4.83. The van der Waals surface area contributed by atoms with Gasteiger partial charge in [-0.15, -0.1) is 0 Å².